The Morgan fingerprint density at radius 3 is 2.22 bits per heavy atom. The topological polar surface area (TPSA) is 81.7 Å². The van der Waals surface area contributed by atoms with Crippen LogP contribution >= 0.6 is 0 Å². The van der Waals surface area contributed by atoms with Crippen molar-refractivity contribution in [3.05, 3.63) is 71.3 Å². The first-order chi connectivity index (χ1) is 12.9. The Bertz CT molecular complexity index is 806. The first-order valence-electron chi connectivity index (χ1n) is 7.94. The number of amides is 1. The predicted molar refractivity (Wildman–Crippen MR) is 90.7 cm³/mol. The van der Waals surface area contributed by atoms with Crippen LogP contribution in [0, 0.1) is 11.6 Å². The van der Waals surface area contributed by atoms with Gasteiger partial charge in [0.1, 0.15) is 23.2 Å². The lowest BCUT2D eigenvalue weighted by Crippen LogP contribution is -2.44. The molecular formula is C19H17F2NO5. The molecule has 0 unspecified atom stereocenters. The van der Waals surface area contributed by atoms with Crippen LogP contribution in [-0.4, -0.2) is 37.6 Å². The van der Waals surface area contributed by atoms with Gasteiger partial charge in [0.15, 0.2) is 6.61 Å². The highest BCUT2D eigenvalue weighted by Gasteiger charge is 2.24. The van der Waals surface area contributed by atoms with E-state index >= 15 is 0 Å². The molecule has 0 heterocycles. The molecule has 2 rings (SSSR count). The number of hydrogen-bond acceptors (Lipinski definition) is 5. The number of nitrogens with one attached hydrogen (secondary N) is 1. The van der Waals surface area contributed by atoms with Crippen molar-refractivity contribution < 1.29 is 32.6 Å². The van der Waals surface area contributed by atoms with Crippen molar-refractivity contribution in [2.75, 3.05) is 13.7 Å². The van der Waals surface area contributed by atoms with Crippen LogP contribution in [0.1, 0.15) is 15.9 Å². The minimum atomic E-state index is -1.32. The highest BCUT2D eigenvalue weighted by Crippen LogP contribution is 2.13. The monoisotopic (exact) mass is 377 g/mol. The van der Waals surface area contributed by atoms with E-state index in [0.717, 1.165) is 23.8 Å². The third-order valence-electron chi connectivity index (χ3n) is 3.60. The number of esters is 2. The number of benzene rings is 2. The summed E-state index contributed by atoms with van der Waals surface area (Å²) in [6, 6.07) is 10.8. The van der Waals surface area contributed by atoms with E-state index in [1.54, 1.807) is 30.3 Å². The summed E-state index contributed by atoms with van der Waals surface area (Å²) in [5, 5.41) is 2.37. The molecule has 0 bridgehead atoms. The van der Waals surface area contributed by atoms with Crippen molar-refractivity contribution in [3.63, 3.8) is 0 Å². The third kappa shape index (κ3) is 5.60. The van der Waals surface area contributed by atoms with Gasteiger partial charge in [0, 0.05) is 6.42 Å². The lowest BCUT2D eigenvalue weighted by Gasteiger charge is -2.16. The second kappa shape index (κ2) is 9.42. The predicted octanol–water partition coefficient (Wildman–Crippen LogP) is 2.02. The van der Waals surface area contributed by atoms with Crippen LogP contribution in [0.15, 0.2) is 48.5 Å². The summed E-state index contributed by atoms with van der Waals surface area (Å²) in [4.78, 5) is 35.6. The Kier molecular flexibility index (Phi) is 6.99. The molecule has 0 aliphatic heterocycles. The average molecular weight is 377 g/mol. The molecule has 0 aliphatic carbocycles. The van der Waals surface area contributed by atoms with Gasteiger partial charge in [-0.2, -0.15) is 0 Å². The number of ether oxygens (including phenoxy) is 2. The molecule has 0 aromatic heterocycles. The zero-order valence-corrected chi connectivity index (χ0v) is 14.4. The summed E-state index contributed by atoms with van der Waals surface area (Å²) in [7, 11) is 1.17. The highest BCUT2D eigenvalue weighted by atomic mass is 19.1. The number of carbonyl (C=O) groups excluding carboxylic acids is 3. The molecule has 0 fully saturated rings. The SMILES string of the molecule is COC(=O)[C@H](Cc1ccccc1)NC(=O)COC(=O)c1c(F)cccc1F. The number of halogens is 2. The second-order valence-corrected chi connectivity index (χ2v) is 5.51. The van der Waals surface area contributed by atoms with Crippen molar-refractivity contribution in [3.8, 4) is 0 Å². The van der Waals surface area contributed by atoms with Crippen molar-refractivity contribution in [2.45, 2.75) is 12.5 Å². The molecule has 1 N–H and O–H groups in total. The molecule has 1 atom stereocenters. The maximum atomic E-state index is 13.5. The molecular weight excluding hydrogens is 360 g/mol. The molecule has 6 nitrogen and oxygen atoms in total. The molecule has 0 radical (unpaired) electrons. The summed E-state index contributed by atoms with van der Waals surface area (Å²) in [5.41, 5.74) is -0.113. The maximum Gasteiger partial charge on any atom is 0.344 e. The molecule has 0 aliphatic rings. The summed E-state index contributed by atoms with van der Waals surface area (Å²) < 4.78 is 36.3. The van der Waals surface area contributed by atoms with Gasteiger partial charge < -0.3 is 14.8 Å². The van der Waals surface area contributed by atoms with E-state index in [0.29, 0.717) is 0 Å². The zero-order valence-electron chi connectivity index (χ0n) is 14.4. The molecule has 0 spiro atoms. The fourth-order valence-electron chi connectivity index (χ4n) is 2.32. The largest absolute Gasteiger partial charge is 0.467 e. The Morgan fingerprint density at radius 1 is 1.00 bits per heavy atom. The molecule has 2 aromatic carbocycles. The van der Waals surface area contributed by atoms with Crippen LogP contribution in [0.25, 0.3) is 0 Å². The molecule has 27 heavy (non-hydrogen) atoms. The summed E-state index contributed by atoms with van der Waals surface area (Å²) in [6.45, 7) is -0.811. The first kappa shape index (κ1) is 20.0. The fourth-order valence-corrected chi connectivity index (χ4v) is 2.32. The van der Waals surface area contributed by atoms with Gasteiger partial charge >= 0.3 is 11.9 Å². The summed E-state index contributed by atoms with van der Waals surface area (Å²) in [6.07, 6.45) is 0.162. The molecule has 0 saturated carbocycles. The average Bonchev–Trinajstić information content (AvgIpc) is 2.66. The normalized spacial score (nSPS) is 11.4. The zero-order chi connectivity index (χ0) is 19.8. The van der Waals surface area contributed by atoms with Crippen LogP contribution in [0.4, 0.5) is 8.78 Å². The van der Waals surface area contributed by atoms with Crippen LogP contribution in [0.2, 0.25) is 0 Å². The van der Waals surface area contributed by atoms with Crippen LogP contribution in [0.3, 0.4) is 0 Å². The van der Waals surface area contributed by atoms with Crippen molar-refractivity contribution >= 4 is 17.8 Å². The lowest BCUT2D eigenvalue weighted by atomic mass is 10.1. The third-order valence-corrected chi connectivity index (χ3v) is 3.60. The van der Waals surface area contributed by atoms with Gasteiger partial charge in [-0.1, -0.05) is 36.4 Å². The molecule has 0 saturated heterocycles. The van der Waals surface area contributed by atoms with Crippen LogP contribution in [0.5, 0.6) is 0 Å². The number of methoxy groups -OCH3 is 1. The van der Waals surface area contributed by atoms with E-state index in [1.165, 1.54) is 7.11 Å². The van der Waals surface area contributed by atoms with Gasteiger partial charge in [-0.05, 0) is 17.7 Å². The molecule has 8 heteroatoms. The van der Waals surface area contributed by atoms with Crippen molar-refractivity contribution in [2.24, 2.45) is 0 Å². The fraction of sp³-hybridized carbons (Fsp3) is 0.211. The minimum absolute atomic E-state index is 0.162. The maximum absolute atomic E-state index is 13.5. The summed E-state index contributed by atoms with van der Waals surface area (Å²) in [5.74, 6) is -5.02. The van der Waals surface area contributed by atoms with Gasteiger partial charge in [-0.15, -0.1) is 0 Å². The Morgan fingerprint density at radius 2 is 1.63 bits per heavy atom. The van der Waals surface area contributed by atoms with E-state index in [1.807, 2.05) is 0 Å². The van der Waals surface area contributed by atoms with E-state index in [2.05, 4.69) is 14.8 Å². The number of carbonyl (C=O) groups is 3. The van der Waals surface area contributed by atoms with Gasteiger partial charge in [-0.3, -0.25) is 4.79 Å². The Hall–Kier alpha value is -3.29. The highest BCUT2D eigenvalue weighted by molar-refractivity contribution is 5.92. The number of hydrogen-bond donors (Lipinski definition) is 1. The van der Waals surface area contributed by atoms with Crippen molar-refractivity contribution in [1.29, 1.82) is 0 Å². The Balaban J connectivity index is 1.97. The van der Waals surface area contributed by atoms with Gasteiger partial charge in [0.05, 0.1) is 7.11 Å². The molecule has 2 aromatic rings. The standard InChI is InChI=1S/C19H17F2NO5/c1-26-18(24)15(10-12-6-3-2-4-7-12)22-16(23)11-27-19(25)17-13(20)8-5-9-14(17)21/h2-9,15H,10-11H2,1H3,(H,22,23)/t15-/m0/s1. The van der Waals surface area contributed by atoms with Crippen LogP contribution < -0.4 is 5.32 Å². The molecule has 1 amide bonds. The smallest absolute Gasteiger partial charge is 0.344 e. The van der Waals surface area contributed by atoms with E-state index in [-0.39, 0.29) is 6.42 Å². The van der Waals surface area contributed by atoms with E-state index in [9.17, 15) is 23.2 Å². The van der Waals surface area contributed by atoms with Crippen LogP contribution in [-0.2, 0) is 25.5 Å². The van der Waals surface area contributed by atoms with Crippen molar-refractivity contribution in [1.82, 2.24) is 5.32 Å². The van der Waals surface area contributed by atoms with E-state index in [4.69, 9.17) is 0 Å². The Labute approximate surface area is 154 Å². The number of rotatable bonds is 7. The van der Waals surface area contributed by atoms with Gasteiger partial charge in [-0.25, -0.2) is 18.4 Å². The minimum Gasteiger partial charge on any atom is -0.467 e. The lowest BCUT2D eigenvalue weighted by molar-refractivity contribution is -0.145. The quantitative estimate of drug-likeness (QED) is 0.747. The van der Waals surface area contributed by atoms with E-state index < -0.39 is 47.7 Å². The van der Waals surface area contributed by atoms with Gasteiger partial charge in [0.25, 0.3) is 5.91 Å². The summed E-state index contributed by atoms with van der Waals surface area (Å²) >= 11 is 0. The second-order valence-electron chi connectivity index (χ2n) is 5.51. The first-order valence-corrected chi connectivity index (χ1v) is 7.94. The molecule has 142 valence electrons. The van der Waals surface area contributed by atoms with Gasteiger partial charge in [0.2, 0.25) is 0 Å².